The summed E-state index contributed by atoms with van der Waals surface area (Å²) in [5.74, 6) is -0.302. The smallest absolute Gasteiger partial charge is 0.337 e. The molecule has 0 aliphatic carbocycles. The Kier molecular flexibility index (Phi) is 6.36. The van der Waals surface area contributed by atoms with Gasteiger partial charge < -0.3 is 19.0 Å². The third-order valence-corrected chi connectivity index (χ3v) is 6.70. The number of anilines is 1. The van der Waals surface area contributed by atoms with Gasteiger partial charge in [0.15, 0.2) is 0 Å². The number of esters is 1. The van der Waals surface area contributed by atoms with Crippen LogP contribution >= 0.6 is 0 Å². The van der Waals surface area contributed by atoms with Gasteiger partial charge in [-0.25, -0.2) is 9.59 Å². The van der Waals surface area contributed by atoms with Crippen molar-refractivity contribution in [2.24, 2.45) is 0 Å². The Morgan fingerprint density at radius 3 is 2.71 bits per heavy atom. The molecule has 1 fully saturated rings. The van der Waals surface area contributed by atoms with Gasteiger partial charge >= 0.3 is 11.6 Å². The fourth-order valence-electron chi connectivity index (χ4n) is 4.77. The van der Waals surface area contributed by atoms with Crippen LogP contribution in [0.1, 0.15) is 28.8 Å². The van der Waals surface area contributed by atoms with Crippen LogP contribution in [0.25, 0.3) is 21.9 Å². The third-order valence-electron chi connectivity index (χ3n) is 6.70. The zero-order valence-corrected chi connectivity index (χ0v) is 19.4. The molecule has 176 valence electrons. The molecule has 0 radical (unpaired) electrons. The number of aromatic amines is 1. The van der Waals surface area contributed by atoms with E-state index in [1.807, 2.05) is 30.3 Å². The molecular formula is C27H29N3O4. The van der Waals surface area contributed by atoms with Crippen LogP contribution in [0, 0.1) is 0 Å². The molecule has 7 nitrogen and oxygen atoms in total. The summed E-state index contributed by atoms with van der Waals surface area (Å²) in [6.45, 7) is 5.14. The number of aromatic nitrogens is 1. The molecule has 2 aromatic carbocycles. The van der Waals surface area contributed by atoms with Crippen molar-refractivity contribution in [3.63, 3.8) is 0 Å². The second-order valence-electron chi connectivity index (χ2n) is 8.83. The van der Waals surface area contributed by atoms with E-state index in [4.69, 9.17) is 9.15 Å². The second-order valence-corrected chi connectivity index (χ2v) is 8.83. The molecular weight excluding hydrogens is 430 g/mol. The fraction of sp³-hybridized carbons (Fsp3) is 0.333. The molecule has 1 aliphatic rings. The molecule has 1 N–H and O–H groups in total. The number of piperazine rings is 1. The Morgan fingerprint density at radius 1 is 1.03 bits per heavy atom. The summed E-state index contributed by atoms with van der Waals surface area (Å²) in [4.78, 5) is 31.5. The summed E-state index contributed by atoms with van der Waals surface area (Å²) < 4.78 is 10.1. The minimum absolute atomic E-state index is 0.302. The lowest BCUT2D eigenvalue weighted by Gasteiger charge is -2.36. The van der Waals surface area contributed by atoms with Gasteiger partial charge in [-0.2, -0.15) is 0 Å². The van der Waals surface area contributed by atoms with Crippen molar-refractivity contribution < 1.29 is 13.9 Å². The fourth-order valence-corrected chi connectivity index (χ4v) is 4.77. The lowest BCUT2D eigenvalue weighted by Crippen LogP contribution is -2.46. The normalized spacial score (nSPS) is 14.7. The van der Waals surface area contributed by atoms with E-state index < -0.39 is 0 Å². The highest BCUT2D eigenvalue weighted by molar-refractivity contribution is 5.95. The number of nitrogens with zero attached hydrogens (tertiary/aromatic N) is 2. The minimum Gasteiger partial charge on any atom is -0.465 e. The number of rotatable bonds is 7. The molecule has 34 heavy (non-hydrogen) atoms. The number of nitrogens with one attached hydrogen (secondary N) is 1. The monoisotopic (exact) mass is 459 g/mol. The molecule has 3 heterocycles. The van der Waals surface area contributed by atoms with Crippen molar-refractivity contribution in [3.8, 4) is 0 Å². The van der Waals surface area contributed by atoms with Crippen molar-refractivity contribution in [3.05, 3.63) is 76.3 Å². The first-order chi connectivity index (χ1) is 16.6. The van der Waals surface area contributed by atoms with E-state index in [2.05, 4.69) is 27.0 Å². The maximum Gasteiger partial charge on any atom is 0.337 e. The van der Waals surface area contributed by atoms with E-state index in [-0.39, 0.29) is 11.6 Å². The molecule has 1 aliphatic heterocycles. The summed E-state index contributed by atoms with van der Waals surface area (Å²) >= 11 is 0. The second kappa shape index (κ2) is 9.73. The topological polar surface area (TPSA) is 78.8 Å². The maximum absolute atomic E-state index is 11.9. The van der Waals surface area contributed by atoms with Gasteiger partial charge in [-0.3, -0.25) is 4.90 Å². The van der Waals surface area contributed by atoms with E-state index >= 15 is 0 Å². The molecule has 5 rings (SSSR count). The third kappa shape index (κ3) is 4.70. The van der Waals surface area contributed by atoms with Gasteiger partial charge in [0.05, 0.1) is 12.7 Å². The van der Waals surface area contributed by atoms with Crippen molar-refractivity contribution in [1.29, 1.82) is 0 Å². The first kappa shape index (κ1) is 22.2. The number of fused-ring (bicyclic) bond motifs is 2. The van der Waals surface area contributed by atoms with Crippen molar-refractivity contribution in [2.45, 2.75) is 19.3 Å². The first-order valence-electron chi connectivity index (χ1n) is 11.8. The number of benzene rings is 2. The van der Waals surface area contributed by atoms with Gasteiger partial charge in [0.25, 0.3) is 0 Å². The number of unbranched alkanes of at least 4 members (excludes halogenated alkanes) is 1. The number of methoxy groups -OCH3 is 1. The van der Waals surface area contributed by atoms with Crippen LogP contribution in [-0.4, -0.2) is 55.7 Å². The average molecular weight is 460 g/mol. The highest BCUT2D eigenvalue weighted by Gasteiger charge is 2.17. The van der Waals surface area contributed by atoms with Crippen LogP contribution in [0.3, 0.4) is 0 Å². The molecule has 2 aromatic heterocycles. The van der Waals surface area contributed by atoms with Crippen LogP contribution in [0.15, 0.2) is 63.9 Å². The standard InChI is InChI=1S/C27H29N3O4/c1-33-27(32)20-5-8-24-23(17-20)21(18-28-24)4-2-3-11-29-12-14-30(15-13-29)22-7-9-25-19(16-22)6-10-26(31)34-25/h5-10,16-18,28H,2-4,11-15H2,1H3. The van der Waals surface area contributed by atoms with Gasteiger partial charge in [-0.15, -0.1) is 0 Å². The number of carbonyl (C=O) groups is 1. The van der Waals surface area contributed by atoms with Crippen LogP contribution in [0.4, 0.5) is 5.69 Å². The van der Waals surface area contributed by atoms with Gasteiger partial charge in [0.1, 0.15) is 5.58 Å². The van der Waals surface area contributed by atoms with E-state index in [9.17, 15) is 9.59 Å². The molecule has 0 saturated carbocycles. The maximum atomic E-state index is 11.9. The van der Waals surface area contributed by atoms with Gasteiger partial charge in [0, 0.05) is 60.4 Å². The lowest BCUT2D eigenvalue weighted by molar-refractivity contribution is 0.0601. The predicted molar refractivity (Wildman–Crippen MR) is 134 cm³/mol. The van der Waals surface area contributed by atoms with Crippen molar-refractivity contribution in [2.75, 3.05) is 44.7 Å². The largest absolute Gasteiger partial charge is 0.465 e. The number of carbonyl (C=O) groups excluding carboxylic acids is 1. The summed E-state index contributed by atoms with van der Waals surface area (Å²) in [5.41, 5.74) is 4.37. The number of aryl methyl sites for hydroxylation is 1. The Morgan fingerprint density at radius 2 is 1.88 bits per heavy atom. The van der Waals surface area contributed by atoms with Crippen LogP contribution in [0.5, 0.6) is 0 Å². The molecule has 0 unspecified atom stereocenters. The minimum atomic E-state index is -0.315. The number of hydrogen-bond donors (Lipinski definition) is 1. The Labute approximate surface area is 197 Å². The van der Waals surface area contributed by atoms with E-state index in [1.54, 1.807) is 6.07 Å². The van der Waals surface area contributed by atoms with Crippen molar-refractivity contribution >= 4 is 33.5 Å². The quantitative estimate of drug-likeness (QED) is 0.253. The molecule has 0 bridgehead atoms. The van der Waals surface area contributed by atoms with Crippen LogP contribution < -0.4 is 10.5 Å². The van der Waals surface area contributed by atoms with Crippen LogP contribution in [-0.2, 0) is 11.2 Å². The SMILES string of the molecule is COC(=O)c1ccc2[nH]cc(CCCCN3CCN(c4ccc5oc(=O)ccc5c4)CC3)c2c1. The first-order valence-corrected chi connectivity index (χ1v) is 11.8. The molecule has 4 aromatic rings. The predicted octanol–water partition coefficient (Wildman–Crippen LogP) is 4.21. The Bertz CT molecular complexity index is 1370. The Balaban J connectivity index is 1.11. The van der Waals surface area contributed by atoms with Gasteiger partial charge in [0.2, 0.25) is 0 Å². The zero-order valence-electron chi connectivity index (χ0n) is 19.4. The molecule has 0 atom stereocenters. The highest BCUT2D eigenvalue weighted by Crippen LogP contribution is 2.24. The molecule has 1 saturated heterocycles. The summed E-state index contributed by atoms with van der Waals surface area (Å²) in [7, 11) is 1.41. The summed E-state index contributed by atoms with van der Waals surface area (Å²) in [6, 6.07) is 15.0. The summed E-state index contributed by atoms with van der Waals surface area (Å²) in [5, 5.41) is 2.06. The van der Waals surface area contributed by atoms with Gasteiger partial charge in [-0.05, 0) is 73.8 Å². The summed E-state index contributed by atoms with van der Waals surface area (Å²) in [6.07, 6.45) is 5.28. The van der Waals surface area contributed by atoms with E-state index in [1.165, 1.54) is 24.4 Å². The number of hydrogen-bond acceptors (Lipinski definition) is 6. The number of ether oxygens (including phenoxy) is 1. The van der Waals surface area contributed by atoms with Crippen LogP contribution in [0.2, 0.25) is 0 Å². The molecule has 0 amide bonds. The number of H-pyrrole nitrogens is 1. The van der Waals surface area contributed by atoms with Crippen molar-refractivity contribution in [1.82, 2.24) is 9.88 Å². The van der Waals surface area contributed by atoms with E-state index in [0.29, 0.717) is 11.1 Å². The highest BCUT2D eigenvalue weighted by atomic mass is 16.5. The zero-order chi connectivity index (χ0) is 23.5. The molecule has 7 heteroatoms. The molecule has 0 spiro atoms. The average Bonchev–Trinajstić information content (AvgIpc) is 3.28. The lowest BCUT2D eigenvalue weighted by atomic mass is 10.0. The van der Waals surface area contributed by atoms with Gasteiger partial charge in [-0.1, -0.05) is 0 Å². The Hall–Kier alpha value is -3.58. The van der Waals surface area contributed by atoms with E-state index in [0.717, 1.165) is 68.3 Å².